The molecule has 3 rings (SSSR count). The van der Waals surface area contributed by atoms with Crippen LogP contribution in [0, 0.1) is 5.92 Å². The Hall–Kier alpha value is -2.63. The maximum absolute atomic E-state index is 12.5. The molecule has 1 aliphatic rings. The molecule has 1 aromatic heterocycles. The van der Waals surface area contributed by atoms with E-state index in [4.69, 9.17) is 9.47 Å². The third-order valence-electron chi connectivity index (χ3n) is 4.67. The van der Waals surface area contributed by atoms with E-state index in [0.717, 1.165) is 29.3 Å². The number of amides is 1. The molecule has 0 radical (unpaired) electrons. The van der Waals surface area contributed by atoms with Crippen LogP contribution >= 0.6 is 0 Å². The Labute approximate surface area is 165 Å². The zero-order chi connectivity index (χ0) is 20.3. The molecule has 0 aliphatic heterocycles. The average Bonchev–Trinajstić information content (AvgIpc) is 3.44. The van der Waals surface area contributed by atoms with Gasteiger partial charge in [0, 0.05) is 23.2 Å². The normalized spacial score (nSPS) is 16.3. The number of nitrogens with one attached hydrogen (secondary N) is 1. The Bertz CT molecular complexity index is 855. The van der Waals surface area contributed by atoms with Crippen LogP contribution in [0.15, 0.2) is 36.5 Å². The van der Waals surface area contributed by atoms with E-state index in [1.165, 1.54) is 0 Å². The molecule has 1 fully saturated rings. The average molecular weight is 384 g/mol. The summed E-state index contributed by atoms with van der Waals surface area (Å²) in [5, 5.41) is 3.83. The van der Waals surface area contributed by atoms with Crippen molar-refractivity contribution in [3.63, 3.8) is 0 Å². The first-order chi connectivity index (χ1) is 13.2. The first-order valence-corrected chi connectivity index (χ1v) is 9.75. The SMILES string of the molecule is CC(OC(=O)CC(NC(=O)OC(C)(C)C)C1CC1)c1cnc2ccccc2c1. The molecule has 1 N–H and O–H groups in total. The van der Waals surface area contributed by atoms with Gasteiger partial charge < -0.3 is 14.8 Å². The van der Waals surface area contributed by atoms with Crippen molar-refractivity contribution >= 4 is 23.0 Å². The zero-order valence-corrected chi connectivity index (χ0v) is 16.9. The molecule has 0 saturated heterocycles. The fourth-order valence-electron chi connectivity index (χ4n) is 3.10. The lowest BCUT2D eigenvalue weighted by atomic mass is 10.1. The zero-order valence-electron chi connectivity index (χ0n) is 16.9. The third-order valence-corrected chi connectivity index (χ3v) is 4.67. The minimum absolute atomic E-state index is 0.134. The molecule has 0 bridgehead atoms. The molecule has 1 saturated carbocycles. The number of benzene rings is 1. The van der Waals surface area contributed by atoms with E-state index in [1.807, 2.05) is 58.0 Å². The summed E-state index contributed by atoms with van der Waals surface area (Å²) in [6.45, 7) is 7.27. The van der Waals surface area contributed by atoms with Crippen LogP contribution in [0.5, 0.6) is 0 Å². The molecular formula is C22H28N2O4. The quantitative estimate of drug-likeness (QED) is 0.740. The molecule has 2 atom stereocenters. The number of esters is 1. The lowest BCUT2D eigenvalue weighted by molar-refractivity contribution is -0.149. The number of hydrogen-bond donors (Lipinski definition) is 1. The molecule has 28 heavy (non-hydrogen) atoms. The molecule has 6 heteroatoms. The summed E-state index contributed by atoms with van der Waals surface area (Å²) in [6, 6.07) is 9.54. The molecule has 2 aromatic rings. The van der Waals surface area contributed by atoms with Crippen LogP contribution in [0.2, 0.25) is 0 Å². The lowest BCUT2D eigenvalue weighted by Gasteiger charge is -2.23. The number of pyridine rings is 1. The number of carbonyl (C=O) groups is 2. The van der Waals surface area contributed by atoms with Gasteiger partial charge in [0.1, 0.15) is 11.7 Å². The number of para-hydroxylation sites is 1. The van der Waals surface area contributed by atoms with Gasteiger partial charge in [-0.1, -0.05) is 18.2 Å². The Balaban J connectivity index is 1.58. The number of nitrogens with zero attached hydrogens (tertiary/aromatic N) is 1. The van der Waals surface area contributed by atoms with Gasteiger partial charge in [-0.3, -0.25) is 9.78 Å². The van der Waals surface area contributed by atoms with Gasteiger partial charge >= 0.3 is 12.1 Å². The minimum atomic E-state index is -0.573. The van der Waals surface area contributed by atoms with Crippen molar-refractivity contribution in [3.8, 4) is 0 Å². The van der Waals surface area contributed by atoms with Gasteiger partial charge in [-0.2, -0.15) is 0 Å². The summed E-state index contributed by atoms with van der Waals surface area (Å²) >= 11 is 0. The van der Waals surface area contributed by atoms with Crippen LogP contribution in [0.1, 0.15) is 58.6 Å². The van der Waals surface area contributed by atoms with E-state index in [2.05, 4.69) is 10.3 Å². The van der Waals surface area contributed by atoms with E-state index in [1.54, 1.807) is 6.20 Å². The monoisotopic (exact) mass is 384 g/mol. The molecule has 0 spiro atoms. The van der Waals surface area contributed by atoms with Gasteiger partial charge in [-0.05, 0) is 58.6 Å². The summed E-state index contributed by atoms with van der Waals surface area (Å²) in [6.07, 6.45) is 2.96. The molecule has 1 aromatic carbocycles. The van der Waals surface area contributed by atoms with Crippen molar-refractivity contribution in [1.82, 2.24) is 10.3 Å². The predicted octanol–water partition coefficient (Wildman–Crippen LogP) is 4.53. The number of alkyl carbamates (subject to hydrolysis) is 1. The smallest absolute Gasteiger partial charge is 0.407 e. The minimum Gasteiger partial charge on any atom is -0.458 e. The number of fused-ring (bicyclic) bond motifs is 1. The van der Waals surface area contributed by atoms with Crippen molar-refractivity contribution in [1.29, 1.82) is 0 Å². The second-order valence-corrected chi connectivity index (χ2v) is 8.39. The standard InChI is InChI=1S/C22H28N2O4/c1-14(17-11-16-7-5-6-8-18(16)23-13-17)27-20(25)12-19(15-9-10-15)24-21(26)28-22(2,3)4/h5-8,11,13-15,19H,9-10,12H2,1-4H3,(H,24,26). The lowest BCUT2D eigenvalue weighted by Crippen LogP contribution is -2.41. The topological polar surface area (TPSA) is 77.5 Å². The maximum Gasteiger partial charge on any atom is 0.407 e. The fourth-order valence-corrected chi connectivity index (χ4v) is 3.10. The van der Waals surface area contributed by atoms with Crippen molar-refractivity contribution in [2.45, 2.75) is 64.7 Å². The highest BCUT2D eigenvalue weighted by atomic mass is 16.6. The van der Waals surface area contributed by atoms with E-state index < -0.39 is 17.8 Å². The van der Waals surface area contributed by atoms with Crippen LogP contribution in [-0.2, 0) is 14.3 Å². The second-order valence-electron chi connectivity index (χ2n) is 8.39. The maximum atomic E-state index is 12.5. The Morgan fingerprint density at radius 2 is 1.96 bits per heavy atom. The van der Waals surface area contributed by atoms with Crippen molar-refractivity contribution in [2.24, 2.45) is 5.92 Å². The number of hydrogen-bond acceptors (Lipinski definition) is 5. The van der Waals surface area contributed by atoms with Gasteiger partial charge in [0.25, 0.3) is 0 Å². The molecule has 2 unspecified atom stereocenters. The van der Waals surface area contributed by atoms with Crippen LogP contribution in [0.3, 0.4) is 0 Å². The van der Waals surface area contributed by atoms with Gasteiger partial charge in [0.15, 0.2) is 0 Å². The summed E-state index contributed by atoms with van der Waals surface area (Å²) in [5.74, 6) is -0.0358. The van der Waals surface area contributed by atoms with Gasteiger partial charge in [-0.25, -0.2) is 4.79 Å². The van der Waals surface area contributed by atoms with Crippen LogP contribution in [-0.4, -0.2) is 28.7 Å². The van der Waals surface area contributed by atoms with Crippen LogP contribution in [0.25, 0.3) is 10.9 Å². The molecule has 6 nitrogen and oxygen atoms in total. The molecule has 150 valence electrons. The summed E-state index contributed by atoms with van der Waals surface area (Å²) in [4.78, 5) is 28.9. The van der Waals surface area contributed by atoms with Gasteiger partial charge in [-0.15, -0.1) is 0 Å². The fraction of sp³-hybridized carbons (Fsp3) is 0.500. The first-order valence-electron chi connectivity index (χ1n) is 9.75. The Kier molecular flexibility index (Phi) is 5.87. The number of ether oxygens (including phenoxy) is 2. The summed E-state index contributed by atoms with van der Waals surface area (Å²) < 4.78 is 10.9. The molecule has 1 aliphatic carbocycles. The van der Waals surface area contributed by atoms with E-state index >= 15 is 0 Å². The number of carbonyl (C=O) groups excluding carboxylic acids is 2. The van der Waals surface area contributed by atoms with Crippen molar-refractivity contribution in [2.75, 3.05) is 0 Å². The van der Waals surface area contributed by atoms with Gasteiger partial charge in [0.05, 0.1) is 11.9 Å². The van der Waals surface area contributed by atoms with Crippen molar-refractivity contribution in [3.05, 3.63) is 42.1 Å². The highest BCUT2D eigenvalue weighted by Gasteiger charge is 2.35. The van der Waals surface area contributed by atoms with Gasteiger partial charge in [0.2, 0.25) is 0 Å². The largest absolute Gasteiger partial charge is 0.458 e. The van der Waals surface area contributed by atoms with E-state index in [9.17, 15) is 9.59 Å². The summed E-state index contributed by atoms with van der Waals surface area (Å²) in [7, 11) is 0. The van der Waals surface area contributed by atoms with Crippen LogP contribution < -0.4 is 5.32 Å². The highest BCUT2D eigenvalue weighted by molar-refractivity contribution is 5.79. The third kappa shape index (κ3) is 5.68. The number of rotatable bonds is 6. The Morgan fingerprint density at radius 3 is 2.64 bits per heavy atom. The first kappa shape index (κ1) is 20.1. The summed E-state index contributed by atoms with van der Waals surface area (Å²) in [5.41, 5.74) is 1.17. The van der Waals surface area contributed by atoms with E-state index in [0.29, 0.717) is 5.92 Å². The molecular weight excluding hydrogens is 356 g/mol. The van der Waals surface area contributed by atoms with Crippen molar-refractivity contribution < 1.29 is 19.1 Å². The molecule has 1 amide bonds. The molecule has 1 heterocycles. The van der Waals surface area contributed by atoms with Crippen LogP contribution in [0.4, 0.5) is 4.79 Å². The highest BCUT2D eigenvalue weighted by Crippen LogP contribution is 2.34. The second kappa shape index (κ2) is 8.17. The number of aromatic nitrogens is 1. The van der Waals surface area contributed by atoms with E-state index in [-0.39, 0.29) is 18.4 Å². The Morgan fingerprint density at radius 1 is 1.25 bits per heavy atom. The predicted molar refractivity (Wildman–Crippen MR) is 107 cm³/mol.